The summed E-state index contributed by atoms with van der Waals surface area (Å²) in [6.07, 6.45) is -0.194. The van der Waals surface area contributed by atoms with E-state index in [-0.39, 0.29) is 23.8 Å². The number of halogens is 1. The highest BCUT2D eigenvalue weighted by molar-refractivity contribution is 7.89. The third-order valence-electron chi connectivity index (χ3n) is 3.58. The topological polar surface area (TPSA) is 122 Å². The van der Waals surface area contributed by atoms with Crippen LogP contribution in [0.1, 0.15) is 27.2 Å². The Hall–Kier alpha value is -1.71. The van der Waals surface area contributed by atoms with E-state index in [9.17, 15) is 18.3 Å². The van der Waals surface area contributed by atoms with Crippen LogP contribution in [0.25, 0.3) is 0 Å². The number of carbonyl (C=O) groups is 1. The highest BCUT2D eigenvalue weighted by Crippen LogP contribution is 2.37. The molecule has 1 heterocycles. The molecule has 0 radical (unpaired) electrons. The number of phenolic OH excluding ortho intramolecular Hbond substituents is 1. The van der Waals surface area contributed by atoms with Crippen molar-refractivity contribution in [3.63, 3.8) is 0 Å². The molecule has 4 N–H and O–H groups in total. The van der Waals surface area contributed by atoms with Crippen molar-refractivity contribution in [3.8, 4) is 5.75 Å². The van der Waals surface area contributed by atoms with Gasteiger partial charge < -0.3 is 20.9 Å². The number of alkyl carbamates (subject to hydrolysis) is 1. The number of nitrogens with zero attached hydrogens (tertiary/aromatic N) is 1. The van der Waals surface area contributed by atoms with E-state index in [0.717, 1.165) is 4.31 Å². The number of hydrogen-bond donors (Lipinski definition) is 3. The minimum Gasteiger partial charge on any atom is -0.504 e. The maximum Gasteiger partial charge on any atom is 0.407 e. The van der Waals surface area contributed by atoms with Crippen LogP contribution >= 0.6 is 11.6 Å². The first-order chi connectivity index (χ1) is 11.4. The lowest BCUT2D eigenvalue weighted by molar-refractivity contribution is 0.0507. The van der Waals surface area contributed by atoms with Crippen LogP contribution in [0.4, 0.5) is 10.5 Å². The maximum absolute atomic E-state index is 12.8. The molecule has 0 aliphatic carbocycles. The molecule has 1 fully saturated rings. The lowest BCUT2D eigenvalue weighted by Gasteiger charge is -2.22. The van der Waals surface area contributed by atoms with Gasteiger partial charge in [-0.15, -0.1) is 0 Å². The van der Waals surface area contributed by atoms with Crippen LogP contribution in [0.5, 0.6) is 5.75 Å². The zero-order valence-electron chi connectivity index (χ0n) is 14.2. The number of hydrogen-bond acceptors (Lipinski definition) is 6. The second-order valence-electron chi connectivity index (χ2n) is 6.81. The number of benzene rings is 1. The Balaban J connectivity index is 2.14. The highest BCUT2D eigenvalue weighted by Gasteiger charge is 2.37. The number of nitrogens with one attached hydrogen (secondary N) is 1. The second kappa shape index (κ2) is 6.89. The molecule has 1 aromatic carbocycles. The van der Waals surface area contributed by atoms with E-state index in [1.54, 1.807) is 20.8 Å². The summed E-state index contributed by atoms with van der Waals surface area (Å²) in [4.78, 5) is 11.4. The molecule has 8 nitrogen and oxygen atoms in total. The minimum atomic E-state index is -4.05. The fourth-order valence-corrected chi connectivity index (χ4v) is 4.58. The summed E-state index contributed by atoms with van der Waals surface area (Å²) in [5.41, 5.74) is 4.85. The number of aromatic hydroxyl groups is 1. The first-order valence-electron chi connectivity index (χ1n) is 7.68. The number of amides is 1. The lowest BCUT2D eigenvalue weighted by atomic mass is 10.2. The minimum absolute atomic E-state index is 0.0478. The van der Waals surface area contributed by atoms with Crippen LogP contribution in [-0.4, -0.2) is 48.7 Å². The van der Waals surface area contributed by atoms with Crippen molar-refractivity contribution in [2.45, 2.75) is 43.7 Å². The van der Waals surface area contributed by atoms with Gasteiger partial charge in [0, 0.05) is 19.1 Å². The second-order valence-corrected chi connectivity index (χ2v) is 9.09. The van der Waals surface area contributed by atoms with E-state index in [2.05, 4.69) is 5.32 Å². The molecule has 1 aromatic rings. The molecule has 25 heavy (non-hydrogen) atoms. The average molecular weight is 392 g/mol. The number of rotatable bonds is 3. The summed E-state index contributed by atoms with van der Waals surface area (Å²) in [5, 5.41) is 12.5. The SMILES string of the molecule is CC(C)(C)OC(=O)N[C@@H]1CCN(S(=O)(=O)c2c(Cl)ccc(N)c2O)C1. The zero-order valence-corrected chi connectivity index (χ0v) is 15.8. The Kier molecular flexibility index (Phi) is 5.41. The number of sulfonamides is 1. The summed E-state index contributed by atoms with van der Waals surface area (Å²) in [5.74, 6) is -0.573. The van der Waals surface area contributed by atoms with Gasteiger partial charge in [-0.3, -0.25) is 0 Å². The first kappa shape index (κ1) is 19.6. The van der Waals surface area contributed by atoms with Crippen molar-refractivity contribution >= 4 is 33.4 Å². The number of nitrogen functional groups attached to an aromatic ring is 1. The monoisotopic (exact) mass is 391 g/mol. The molecule has 2 rings (SSSR count). The predicted molar refractivity (Wildman–Crippen MR) is 94.1 cm³/mol. The van der Waals surface area contributed by atoms with Gasteiger partial charge >= 0.3 is 6.09 Å². The normalized spacial score (nSPS) is 19.0. The van der Waals surface area contributed by atoms with E-state index in [1.165, 1.54) is 12.1 Å². The molecule has 0 unspecified atom stereocenters. The van der Waals surface area contributed by atoms with Gasteiger partial charge in [-0.25, -0.2) is 13.2 Å². The van der Waals surface area contributed by atoms with Crippen LogP contribution in [-0.2, 0) is 14.8 Å². The van der Waals surface area contributed by atoms with Gasteiger partial charge in [-0.2, -0.15) is 4.31 Å². The highest BCUT2D eigenvalue weighted by atomic mass is 35.5. The van der Waals surface area contributed by atoms with Gasteiger partial charge in [-0.05, 0) is 39.3 Å². The molecule has 1 atom stereocenters. The summed E-state index contributed by atoms with van der Waals surface area (Å²) in [6, 6.07) is 2.25. The van der Waals surface area contributed by atoms with Crippen LogP contribution in [0, 0.1) is 0 Å². The largest absolute Gasteiger partial charge is 0.504 e. The maximum atomic E-state index is 12.8. The number of carbonyl (C=O) groups excluding carboxylic acids is 1. The van der Waals surface area contributed by atoms with Crippen LogP contribution < -0.4 is 11.1 Å². The fraction of sp³-hybridized carbons (Fsp3) is 0.533. The molecule has 1 aliphatic heterocycles. The van der Waals surface area contributed by atoms with Gasteiger partial charge in [0.15, 0.2) is 5.75 Å². The zero-order chi connectivity index (χ0) is 19.0. The van der Waals surface area contributed by atoms with Crippen molar-refractivity contribution in [2.24, 2.45) is 0 Å². The van der Waals surface area contributed by atoms with Crippen molar-refractivity contribution in [1.82, 2.24) is 9.62 Å². The van der Waals surface area contributed by atoms with E-state index >= 15 is 0 Å². The number of nitrogens with two attached hydrogens (primary N) is 1. The molecule has 0 spiro atoms. The average Bonchev–Trinajstić information content (AvgIpc) is 2.90. The van der Waals surface area contributed by atoms with Gasteiger partial charge in [0.25, 0.3) is 0 Å². The molecule has 1 saturated heterocycles. The summed E-state index contributed by atoms with van der Waals surface area (Å²) < 4.78 is 31.9. The molecule has 0 saturated carbocycles. The third-order valence-corrected chi connectivity index (χ3v) is 5.95. The molecule has 0 aromatic heterocycles. The molecule has 1 amide bonds. The van der Waals surface area contributed by atoms with E-state index in [4.69, 9.17) is 22.1 Å². The van der Waals surface area contributed by atoms with Crippen LogP contribution in [0.3, 0.4) is 0 Å². The summed E-state index contributed by atoms with van der Waals surface area (Å²) in [6.45, 7) is 5.44. The number of anilines is 1. The Morgan fingerprint density at radius 1 is 1.44 bits per heavy atom. The van der Waals surface area contributed by atoms with Crippen LogP contribution in [0.15, 0.2) is 17.0 Å². The number of ether oxygens (including phenoxy) is 1. The van der Waals surface area contributed by atoms with Gasteiger partial charge in [0.1, 0.15) is 10.5 Å². The number of phenols is 1. The molecule has 140 valence electrons. The van der Waals surface area contributed by atoms with Crippen molar-refractivity contribution in [1.29, 1.82) is 0 Å². The predicted octanol–water partition coefficient (Wildman–Crippen LogP) is 1.92. The Morgan fingerprint density at radius 3 is 2.68 bits per heavy atom. The summed E-state index contributed by atoms with van der Waals surface area (Å²) in [7, 11) is -4.05. The Labute approximate surface area is 151 Å². The summed E-state index contributed by atoms with van der Waals surface area (Å²) >= 11 is 5.95. The van der Waals surface area contributed by atoms with Crippen LogP contribution in [0.2, 0.25) is 5.02 Å². The Bertz CT molecular complexity index is 776. The molecule has 0 bridgehead atoms. The fourth-order valence-electron chi connectivity index (χ4n) is 2.47. The van der Waals surface area contributed by atoms with Gasteiger partial charge in [0.05, 0.1) is 10.7 Å². The van der Waals surface area contributed by atoms with E-state index in [0.29, 0.717) is 6.42 Å². The molecule has 10 heteroatoms. The van der Waals surface area contributed by atoms with Crippen molar-refractivity contribution in [2.75, 3.05) is 18.8 Å². The quantitative estimate of drug-likeness (QED) is 0.534. The van der Waals surface area contributed by atoms with E-state index < -0.39 is 38.4 Å². The molecule has 1 aliphatic rings. The third kappa shape index (κ3) is 4.47. The lowest BCUT2D eigenvalue weighted by Crippen LogP contribution is -2.41. The van der Waals surface area contributed by atoms with Crippen molar-refractivity contribution < 1.29 is 23.1 Å². The standard InChI is InChI=1S/C15H22ClN3O5S/c1-15(2,3)24-14(21)18-9-6-7-19(8-9)25(22,23)13-10(16)4-5-11(17)12(13)20/h4-5,9,20H,6-8,17H2,1-3H3,(H,18,21)/t9-/m1/s1. The van der Waals surface area contributed by atoms with E-state index in [1.807, 2.05) is 0 Å². The first-order valence-corrected chi connectivity index (χ1v) is 9.50. The smallest absolute Gasteiger partial charge is 0.407 e. The van der Waals surface area contributed by atoms with Crippen molar-refractivity contribution in [3.05, 3.63) is 17.2 Å². The Morgan fingerprint density at radius 2 is 2.08 bits per heavy atom. The van der Waals surface area contributed by atoms with Gasteiger partial charge in [-0.1, -0.05) is 11.6 Å². The molecular weight excluding hydrogens is 370 g/mol. The molecular formula is C15H22ClN3O5S. The van der Waals surface area contributed by atoms with Gasteiger partial charge in [0.2, 0.25) is 10.0 Å².